The van der Waals surface area contributed by atoms with Crippen molar-refractivity contribution in [2.75, 3.05) is 10.7 Å². The average molecular weight is 247 g/mol. The fourth-order valence-electron chi connectivity index (χ4n) is 1.49. The molecule has 2 rings (SSSR count). The molecule has 0 aromatic carbocycles. The van der Waals surface area contributed by atoms with Crippen LogP contribution >= 0.6 is 0 Å². The first-order valence-electron chi connectivity index (χ1n) is 5.18. The lowest BCUT2D eigenvalue weighted by Crippen LogP contribution is -2.28. The van der Waals surface area contributed by atoms with Crippen LogP contribution in [0.15, 0.2) is 6.07 Å². The quantitative estimate of drug-likeness (QED) is 0.560. The van der Waals surface area contributed by atoms with Crippen LogP contribution in [0, 0.1) is 0 Å². The van der Waals surface area contributed by atoms with Crippen LogP contribution in [0.4, 0.5) is 24.9 Å². The number of anilines is 2. The summed E-state index contributed by atoms with van der Waals surface area (Å²) in [7, 11) is 0. The number of aromatic nitrogens is 2. The molecule has 0 bridgehead atoms. The van der Waals surface area contributed by atoms with Gasteiger partial charge in [-0.25, -0.2) is 10.8 Å². The van der Waals surface area contributed by atoms with Crippen molar-refractivity contribution in [3.8, 4) is 0 Å². The number of nitrogens with one attached hydrogen (secondary N) is 2. The van der Waals surface area contributed by atoms with Gasteiger partial charge in [0.15, 0.2) is 5.69 Å². The molecule has 1 heterocycles. The summed E-state index contributed by atoms with van der Waals surface area (Å²) in [6.45, 7) is 0. The van der Waals surface area contributed by atoms with E-state index in [0.29, 0.717) is 0 Å². The van der Waals surface area contributed by atoms with Crippen molar-refractivity contribution >= 4 is 11.8 Å². The first-order valence-corrected chi connectivity index (χ1v) is 5.18. The Labute approximate surface area is 95.6 Å². The summed E-state index contributed by atoms with van der Waals surface area (Å²) in [5.41, 5.74) is 1.02. The van der Waals surface area contributed by atoms with Gasteiger partial charge in [0.25, 0.3) is 0 Å². The van der Waals surface area contributed by atoms with Gasteiger partial charge < -0.3 is 5.32 Å². The molecule has 1 aliphatic rings. The van der Waals surface area contributed by atoms with E-state index >= 15 is 0 Å². The minimum absolute atomic E-state index is 0.143. The van der Waals surface area contributed by atoms with Gasteiger partial charge in [0, 0.05) is 12.1 Å². The highest BCUT2D eigenvalue weighted by molar-refractivity contribution is 5.43. The summed E-state index contributed by atoms with van der Waals surface area (Å²) in [6.07, 6.45) is -1.55. The van der Waals surface area contributed by atoms with Gasteiger partial charge >= 0.3 is 6.18 Å². The minimum Gasteiger partial charge on any atom is -0.367 e. The second-order valence-corrected chi connectivity index (χ2v) is 3.88. The van der Waals surface area contributed by atoms with Crippen LogP contribution in [0.3, 0.4) is 0 Å². The molecule has 1 saturated carbocycles. The number of halogens is 3. The number of hydrogen-bond donors (Lipinski definition) is 3. The highest BCUT2D eigenvalue weighted by Crippen LogP contribution is 2.30. The standard InChI is InChI=1S/C9H12F3N5/c10-9(11,12)6-4-7(14-5-2-1-3-5)16-8(15-6)17-13/h4-5H,1-3,13H2,(H2,14,15,16,17). The molecule has 94 valence electrons. The van der Waals surface area contributed by atoms with E-state index in [1.165, 1.54) is 0 Å². The number of nitrogens with zero attached hydrogens (tertiary/aromatic N) is 2. The number of nitrogens with two attached hydrogens (primary N) is 1. The third kappa shape index (κ3) is 2.76. The molecule has 0 radical (unpaired) electrons. The Bertz CT molecular complexity index is 402. The van der Waals surface area contributed by atoms with Crippen molar-refractivity contribution in [2.24, 2.45) is 5.84 Å². The summed E-state index contributed by atoms with van der Waals surface area (Å²) in [5, 5.41) is 2.92. The van der Waals surface area contributed by atoms with Crippen molar-refractivity contribution in [1.82, 2.24) is 9.97 Å². The first kappa shape index (κ1) is 11.9. The molecule has 5 nitrogen and oxygen atoms in total. The largest absolute Gasteiger partial charge is 0.433 e. The number of hydrazine groups is 1. The molecule has 8 heteroatoms. The molecule has 17 heavy (non-hydrogen) atoms. The lowest BCUT2D eigenvalue weighted by molar-refractivity contribution is -0.141. The van der Waals surface area contributed by atoms with Crippen molar-refractivity contribution in [1.29, 1.82) is 0 Å². The van der Waals surface area contributed by atoms with E-state index in [1.54, 1.807) is 0 Å². The van der Waals surface area contributed by atoms with Crippen molar-refractivity contribution in [3.05, 3.63) is 11.8 Å². The second-order valence-electron chi connectivity index (χ2n) is 3.88. The molecule has 0 spiro atoms. The first-order chi connectivity index (χ1) is 7.99. The van der Waals surface area contributed by atoms with E-state index in [1.807, 2.05) is 5.43 Å². The minimum atomic E-state index is -4.51. The predicted molar refractivity (Wildman–Crippen MR) is 56.1 cm³/mol. The van der Waals surface area contributed by atoms with E-state index in [-0.39, 0.29) is 17.8 Å². The van der Waals surface area contributed by atoms with Gasteiger partial charge in [-0.3, -0.25) is 5.43 Å². The zero-order valence-electron chi connectivity index (χ0n) is 8.88. The lowest BCUT2D eigenvalue weighted by Gasteiger charge is -2.27. The zero-order chi connectivity index (χ0) is 12.5. The van der Waals surface area contributed by atoms with Crippen LogP contribution in [0.1, 0.15) is 25.0 Å². The number of nitrogen functional groups attached to an aromatic ring is 1. The van der Waals surface area contributed by atoms with Gasteiger partial charge in [-0.2, -0.15) is 18.2 Å². The van der Waals surface area contributed by atoms with Gasteiger partial charge in [0.1, 0.15) is 5.82 Å². The molecule has 1 aliphatic carbocycles. The van der Waals surface area contributed by atoms with Gasteiger partial charge in [-0.15, -0.1) is 0 Å². The summed E-state index contributed by atoms with van der Waals surface area (Å²) in [6, 6.07) is 1.08. The van der Waals surface area contributed by atoms with Gasteiger partial charge in [0.05, 0.1) is 0 Å². The number of rotatable bonds is 3. The van der Waals surface area contributed by atoms with E-state index in [9.17, 15) is 13.2 Å². The average Bonchev–Trinajstić information content (AvgIpc) is 2.22. The van der Waals surface area contributed by atoms with E-state index in [4.69, 9.17) is 5.84 Å². The maximum atomic E-state index is 12.5. The topological polar surface area (TPSA) is 75.9 Å². The zero-order valence-corrected chi connectivity index (χ0v) is 8.88. The fraction of sp³-hybridized carbons (Fsp3) is 0.556. The Hall–Kier alpha value is -1.57. The SMILES string of the molecule is NNc1nc(NC2CCC2)cc(C(F)(F)F)n1. The van der Waals surface area contributed by atoms with Crippen LogP contribution in [-0.2, 0) is 6.18 Å². The van der Waals surface area contributed by atoms with Crippen molar-refractivity contribution in [2.45, 2.75) is 31.5 Å². The van der Waals surface area contributed by atoms with Crippen LogP contribution in [-0.4, -0.2) is 16.0 Å². The molecule has 1 fully saturated rings. The Balaban J connectivity index is 2.24. The molecule has 0 saturated heterocycles. The van der Waals surface area contributed by atoms with Gasteiger partial charge in [-0.05, 0) is 19.3 Å². The lowest BCUT2D eigenvalue weighted by atomic mass is 9.93. The Morgan fingerprint density at radius 3 is 2.47 bits per heavy atom. The molecule has 4 N–H and O–H groups in total. The van der Waals surface area contributed by atoms with E-state index in [2.05, 4.69) is 15.3 Å². The molecule has 0 unspecified atom stereocenters. The van der Waals surface area contributed by atoms with Crippen molar-refractivity contribution in [3.63, 3.8) is 0 Å². The van der Waals surface area contributed by atoms with Crippen LogP contribution < -0.4 is 16.6 Å². The Morgan fingerprint density at radius 1 is 1.29 bits per heavy atom. The molecule has 1 aromatic rings. The highest BCUT2D eigenvalue weighted by Gasteiger charge is 2.34. The van der Waals surface area contributed by atoms with Gasteiger partial charge in [-0.1, -0.05) is 0 Å². The summed E-state index contributed by atoms with van der Waals surface area (Å²) in [4.78, 5) is 7.09. The monoisotopic (exact) mass is 247 g/mol. The second kappa shape index (κ2) is 4.36. The van der Waals surface area contributed by atoms with E-state index < -0.39 is 11.9 Å². The molecular formula is C9H12F3N5. The number of alkyl halides is 3. The molecule has 0 aliphatic heterocycles. The van der Waals surface area contributed by atoms with Crippen LogP contribution in [0.2, 0.25) is 0 Å². The molecule has 0 amide bonds. The molecule has 1 aromatic heterocycles. The third-order valence-corrected chi connectivity index (χ3v) is 2.60. The van der Waals surface area contributed by atoms with Crippen molar-refractivity contribution < 1.29 is 13.2 Å². The predicted octanol–water partition coefficient (Wildman–Crippen LogP) is 1.75. The van der Waals surface area contributed by atoms with Crippen LogP contribution in [0.5, 0.6) is 0 Å². The third-order valence-electron chi connectivity index (χ3n) is 2.60. The Morgan fingerprint density at radius 2 is 2.00 bits per heavy atom. The fourth-order valence-corrected chi connectivity index (χ4v) is 1.49. The van der Waals surface area contributed by atoms with Crippen LogP contribution in [0.25, 0.3) is 0 Å². The van der Waals surface area contributed by atoms with Gasteiger partial charge in [0.2, 0.25) is 5.95 Å². The molecular weight excluding hydrogens is 235 g/mol. The maximum absolute atomic E-state index is 12.5. The Kier molecular flexibility index (Phi) is 3.05. The summed E-state index contributed by atoms with van der Waals surface area (Å²) >= 11 is 0. The summed E-state index contributed by atoms with van der Waals surface area (Å²) < 4.78 is 37.6. The van der Waals surface area contributed by atoms with E-state index in [0.717, 1.165) is 25.3 Å². The smallest absolute Gasteiger partial charge is 0.367 e. The highest BCUT2D eigenvalue weighted by atomic mass is 19.4. The normalized spacial score (nSPS) is 16.5. The number of hydrogen-bond acceptors (Lipinski definition) is 5. The summed E-state index contributed by atoms with van der Waals surface area (Å²) in [5.74, 6) is 4.93. The maximum Gasteiger partial charge on any atom is 0.433 e. The molecule has 0 atom stereocenters.